The van der Waals surface area contributed by atoms with Crippen molar-refractivity contribution in [1.82, 2.24) is 15.3 Å². The van der Waals surface area contributed by atoms with Crippen molar-refractivity contribution in [2.45, 2.75) is 75.9 Å². The van der Waals surface area contributed by atoms with Crippen LogP contribution in [0.25, 0.3) is 0 Å². The number of amides is 2. The van der Waals surface area contributed by atoms with Crippen molar-refractivity contribution in [3.05, 3.63) is 47.3 Å². The van der Waals surface area contributed by atoms with E-state index in [1.165, 1.54) is 0 Å². The maximum atomic E-state index is 13.9. The molecular weight excluding hydrogens is 503 g/mol. The Hall–Kier alpha value is -3.41. The van der Waals surface area contributed by atoms with Crippen molar-refractivity contribution >= 4 is 23.6 Å². The van der Waals surface area contributed by atoms with Crippen molar-refractivity contribution in [1.29, 1.82) is 0 Å². The molecule has 38 heavy (non-hydrogen) atoms. The Balaban J connectivity index is 1.26. The second kappa shape index (κ2) is 10.8. The van der Waals surface area contributed by atoms with Gasteiger partial charge in [0.1, 0.15) is 6.61 Å². The van der Waals surface area contributed by atoms with Gasteiger partial charge in [0.05, 0.1) is 18.2 Å². The lowest BCUT2D eigenvalue weighted by Crippen LogP contribution is -2.49. The summed E-state index contributed by atoms with van der Waals surface area (Å²) in [7, 11) is 0. The van der Waals surface area contributed by atoms with E-state index in [9.17, 15) is 27.9 Å². The number of nitrogens with one attached hydrogen (secondary N) is 1. The van der Waals surface area contributed by atoms with E-state index in [-0.39, 0.29) is 30.2 Å². The number of alkyl halides is 3. The van der Waals surface area contributed by atoms with Crippen LogP contribution in [0, 0.1) is 0 Å². The van der Waals surface area contributed by atoms with Crippen molar-refractivity contribution < 1.29 is 32.6 Å². The Labute approximate surface area is 218 Å². The van der Waals surface area contributed by atoms with Gasteiger partial charge in [-0.2, -0.15) is 13.2 Å². The zero-order valence-electron chi connectivity index (χ0n) is 20.8. The number of rotatable bonds is 5. The molecule has 9 nitrogen and oxygen atoms in total. The number of nitrogens with zero attached hydrogens (tertiary/aromatic N) is 4. The van der Waals surface area contributed by atoms with Crippen molar-refractivity contribution in [3.8, 4) is 0 Å². The lowest BCUT2D eigenvalue weighted by molar-refractivity contribution is -0.142. The highest BCUT2D eigenvalue weighted by Gasteiger charge is 2.38. The number of anilines is 2. The summed E-state index contributed by atoms with van der Waals surface area (Å²) >= 11 is 0. The number of ether oxygens (including phenoxy) is 1. The van der Waals surface area contributed by atoms with Crippen LogP contribution in [0.15, 0.2) is 30.5 Å². The fraction of sp³-hybridized carbons (Fsp3) is 0.538. The Morgan fingerprint density at radius 1 is 1.11 bits per heavy atom. The number of piperidine rings is 1. The summed E-state index contributed by atoms with van der Waals surface area (Å²) in [6.07, 6.45) is -1.66. The number of cyclic esters (lactones) is 1. The SMILES string of the molecule is O=C(Cc1cnc(N2CCC(N3C(=O)OCc4ccccc43)CC2)nc1C(F)(F)F)NC1CCC(O)CC1. The van der Waals surface area contributed by atoms with Gasteiger partial charge in [-0.1, -0.05) is 18.2 Å². The standard InChI is InChI=1S/C26H30F3N5O4/c27-26(28,29)23-17(13-22(36)31-18-5-7-20(35)8-6-18)14-30-24(32-23)33-11-9-19(10-12-33)34-21-4-2-1-3-16(21)15-38-25(34)37/h1-4,14,18-20,35H,5-13,15H2,(H,31,36). The third kappa shape index (κ3) is 5.69. The van der Waals surface area contributed by atoms with Crippen molar-refractivity contribution in [2.75, 3.05) is 22.9 Å². The molecule has 0 bridgehead atoms. The smallest absolute Gasteiger partial charge is 0.433 e. The number of fused-ring (bicyclic) bond motifs is 1. The number of para-hydroxylation sites is 1. The van der Waals surface area contributed by atoms with Gasteiger partial charge in [0.15, 0.2) is 5.69 Å². The molecule has 2 aliphatic heterocycles. The minimum atomic E-state index is -4.75. The van der Waals surface area contributed by atoms with E-state index < -0.39 is 36.4 Å². The maximum Gasteiger partial charge on any atom is 0.433 e. The summed E-state index contributed by atoms with van der Waals surface area (Å²) in [5.41, 5.74) is 0.308. The maximum absolute atomic E-state index is 13.9. The molecule has 1 saturated carbocycles. The predicted molar refractivity (Wildman–Crippen MR) is 131 cm³/mol. The van der Waals surface area contributed by atoms with Gasteiger partial charge in [-0.05, 0) is 44.6 Å². The molecule has 1 aromatic heterocycles. The first-order chi connectivity index (χ1) is 18.2. The molecule has 1 saturated heterocycles. The molecule has 5 rings (SSSR count). The van der Waals surface area contributed by atoms with Gasteiger partial charge < -0.3 is 20.1 Å². The Bertz CT molecular complexity index is 1180. The number of carbonyl (C=O) groups excluding carboxylic acids is 2. The van der Waals surface area contributed by atoms with Crippen molar-refractivity contribution in [3.63, 3.8) is 0 Å². The molecule has 3 heterocycles. The van der Waals surface area contributed by atoms with Gasteiger partial charge in [0.25, 0.3) is 0 Å². The summed E-state index contributed by atoms with van der Waals surface area (Å²) in [5.74, 6) is -0.578. The van der Waals surface area contributed by atoms with Gasteiger partial charge in [-0.3, -0.25) is 9.69 Å². The molecular formula is C26H30F3N5O4. The number of aromatic nitrogens is 2. The van der Waals surface area contributed by atoms with Crippen LogP contribution in [0.5, 0.6) is 0 Å². The van der Waals surface area contributed by atoms with E-state index in [4.69, 9.17) is 4.74 Å². The van der Waals surface area contributed by atoms with Crippen LogP contribution < -0.4 is 15.1 Å². The zero-order chi connectivity index (χ0) is 26.9. The van der Waals surface area contributed by atoms with Crippen LogP contribution in [0.2, 0.25) is 0 Å². The molecule has 1 aliphatic carbocycles. The lowest BCUT2D eigenvalue weighted by Gasteiger charge is -2.40. The second-order valence-corrected chi connectivity index (χ2v) is 10.1. The lowest BCUT2D eigenvalue weighted by atomic mass is 9.93. The van der Waals surface area contributed by atoms with Gasteiger partial charge in [0, 0.05) is 42.5 Å². The summed E-state index contributed by atoms with van der Waals surface area (Å²) in [6, 6.07) is 7.18. The zero-order valence-corrected chi connectivity index (χ0v) is 20.8. The van der Waals surface area contributed by atoms with Crippen LogP contribution >= 0.6 is 0 Å². The highest BCUT2D eigenvalue weighted by molar-refractivity contribution is 5.91. The van der Waals surface area contributed by atoms with E-state index in [1.807, 2.05) is 24.3 Å². The number of aliphatic hydroxyl groups is 1. The molecule has 0 unspecified atom stereocenters. The molecule has 1 aromatic carbocycles. The number of aliphatic hydroxyl groups excluding tert-OH is 1. The third-order valence-electron chi connectivity index (χ3n) is 7.44. The Morgan fingerprint density at radius 3 is 2.53 bits per heavy atom. The summed E-state index contributed by atoms with van der Waals surface area (Å²) in [4.78, 5) is 36.3. The van der Waals surface area contributed by atoms with E-state index >= 15 is 0 Å². The Morgan fingerprint density at radius 2 is 1.82 bits per heavy atom. The van der Waals surface area contributed by atoms with Gasteiger partial charge in [-0.25, -0.2) is 14.8 Å². The first-order valence-corrected chi connectivity index (χ1v) is 12.9. The van der Waals surface area contributed by atoms with E-state index in [0.717, 1.165) is 17.4 Å². The number of halogens is 3. The largest absolute Gasteiger partial charge is 0.444 e. The molecule has 2 aromatic rings. The van der Waals surface area contributed by atoms with E-state index in [2.05, 4.69) is 15.3 Å². The van der Waals surface area contributed by atoms with Crippen LogP contribution in [0.4, 0.5) is 29.6 Å². The minimum Gasteiger partial charge on any atom is -0.444 e. The monoisotopic (exact) mass is 533 g/mol. The molecule has 3 aliphatic rings. The number of hydrogen-bond donors (Lipinski definition) is 2. The third-order valence-corrected chi connectivity index (χ3v) is 7.44. The Kier molecular flexibility index (Phi) is 7.42. The number of carbonyl (C=O) groups is 2. The first kappa shape index (κ1) is 26.2. The van der Waals surface area contributed by atoms with Gasteiger partial charge in [0.2, 0.25) is 11.9 Å². The molecule has 2 fully saturated rings. The average molecular weight is 534 g/mol. The minimum absolute atomic E-state index is 0.0529. The molecule has 2 N–H and O–H groups in total. The molecule has 204 valence electrons. The van der Waals surface area contributed by atoms with Gasteiger partial charge >= 0.3 is 12.3 Å². The van der Waals surface area contributed by atoms with Crippen LogP contribution in [-0.2, 0) is 28.7 Å². The highest BCUT2D eigenvalue weighted by Crippen LogP contribution is 2.34. The topological polar surface area (TPSA) is 108 Å². The first-order valence-electron chi connectivity index (χ1n) is 12.9. The van der Waals surface area contributed by atoms with E-state index in [1.54, 1.807) is 9.80 Å². The molecule has 2 amide bonds. The molecule has 0 atom stereocenters. The summed E-state index contributed by atoms with van der Waals surface area (Å²) < 4.78 is 47.0. The number of hydrogen-bond acceptors (Lipinski definition) is 7. The van der Waals surface area contributed by atoms with Crippen LogP contribution in [0.1, 0.15) is 55.3 Å². The van der Waals surface area contributed by atoms with Crippen molar-refractivity contribution in [2.24, 2.45) is 0 Å². The van der Waals surface area contributed by atoms with Gasteiger partial charge in [-0.15, -0.1) is 0 Å². The predicted octanol–water partition coefficient (Wildman–Crippen LogP) is 3.58. The molecule has 0 radical (unpaired) electrons. The molecule has 0 spiro atoms. The fourth-order valence-electron chi connectivity index (χ4n) is 5.44. The fourth-order valence-corrected chi connectivity index (χ4v) is 5.44. The average Bonchev–Trinajstić information content (AvgIpc) is 2.90. The normalized spacial score (nSPS) is 22.6. The van der Waals surface area contributed by atoms with E-state index in [0.29, 0.717) is 51.6 Å². The molecule has 12 heteroatoms. The highest BCUT2D eigenvalue weighted by atomic mass is 19.4. The quantitative estimate of drug-likeness (QED) is 0.605. The summed E-state index contributed by atoms with van der Waals surface area (Å²) in [5, 5.41) is 12.4. The van der Waals surface area contributed by atoms with Crippen LogP contribution in [0.3, 0.4) is 0 Å². The second-order valence-electron chi connectivity index (χ2n) is 10.1. The number of benzene rings is 1. The summed E-state index contributed by atoms with van der Waals surface area (Å²) in [6.45, 7) is 0.940. The van der Waals surface area contributed by atoms with Crippen LogP contribution in [-0.4, -0.2) is 58.4 Å².